The summed E-state index contributed by atoms with van der Waals surface area (Å²) in [6.45, 7) is 9.49. The van der Waals surface area contributed by atoms with Gasteiger partial charge in [0.05, 0.1) is 13.2 Å². The van der Waals surface area contributed by atoms with Crippen molar-refractivity contribution >= 4 is 0 Å². The highest BCUT2D eigenvalue weighted by molar-refractivity contribution is 5.42. The Morgan fingerprint density at radius 3 is 2.35 bits per heavy atom. The molecule has 0 spiro atoms. The molecule has 0 heterocycles. The number of hydrogen-bond acceptors (Lipinski definition) is 3. The average molecular weight is 279 g/mol. The van der Waals surface area contributed by atoms with Crippen LogP contribution in [0.5, 0.6) is 5.75 Å². The highest BCUT2D eigenvalue weighted by atomic mass is 16.5. The first-order valence-corrected chi connectivity index (χ1v) is 7.44. The molecule has 3 nitrogen and oxygen atoms in total. The maximum Gasteiger partial charge on any atom is 0.122 e. The van der Waals surface area contributed by atoms with E-state index in [4.69, 9.17) is 9.47 Å². The molecule has 1 N–H and O–H groups in total. The molecular formula is C17H29NO2. The van der Waals surface area contributed by atoms with Gasteiger partial charge in [-0.1, -0.05) is 13.0 Å². The highest BCUT2D eigenvalue weighted by Crippen LogP contribution is 2.29. The Labute approximate surface area is 123 Å². The summed E-state index contributed by atoms with van der Waals surface area (Å²) in [5.41, 5.74) is 3.84. The van der Waals surface area contributed by atoms with Crippen molar-refractivity contribution in [2.45, 2.75) is 52.7 Å². The molecule has 0 aliphatic rings. The van der Waals surface area contributed by atoms with Crippen LogP contribution in [0.2, 0.25) is 0 Å². The summed E-state index contributed by atoms with van der Waals surface area (Å²) in [5, 5.41) is 3.59. The molecule has 0 aliphatic carbocycles. The largest absolute Gasteiger partial charge is 0.496 e. The van der Waals surface area contributed by atoms with Gasteiger partial charge in [0.25, 0.3) is 0 Å². The Kier molecular flexibility index (Phi) is 7.03. The van der Waals surface area contributed by atoms with Crippen LogP contribution in [0.3, 0.4) is 0 Å². The Bertz CT molecular complexity index is 418. The monoisotopic (exact) mass is 279 g/mol. The number of benzene rings is 1. The summed E-state index contributed by atoms with van der Waals surface area (Å²) in [7, 11) is 3.50. The molecule has 0 saturated carbocycles. The second-order valence-electron chi connectivity index (χ2n) is 5.41. The Morgan fingerprint density at radius 2 is 1.80 bits per heavy atom. The van der Waals surface area contributed by atoms with E-state index < -0.39 is 0 Å². The standard InChI is InChI=1S/C17H29NO2/c1-7-18-16(9-8-14(4)19-5)15-10-13(3)17(20-6)11-12(15)2/h10-11,14,16,18H,7-9H2,1-6H3. The predicted octanol–water partition coefficient (Wildman–Crippen LogP) is 3.78. The molecule has 1 aromatic carbocycles. The molecule has 0 bridgehead atoms. The minimum atomic E-state index is 0.302. The van der Waals surface area contributed by atoms with Crippen molar-refractivity contribution in [3.05, 3.63) is 28.8 Å². The van der Waals surface area contributed by atoms with Crippen molar-refractivity contribution in [1.82, 2.24) is 5.32 Å². The van der Waals surface area contributed by atoms with Crippen LogP contribution in [-0.2, 0) is 4.74 Å². The van der Waals surface area contributed by atoms with Crippen molar-refractivity contribution in [2.75, 3.05) is 20.8 Å². The van der Waals surface area contributed by atoms with Gasteiger partial charge in [-0.25, -0.2) is 0 Å². The molecule has 3 heteroatoms. The summed E-state index contributed by atoms with van der Waals surface area (Å²) < 4.78 is 10.8. The predicted molar refractivity (Wildman–Crippen MR) is 84.6 cm³/mol. The van der Waals surface area contributed by atoms with Gasteiger partial charge in [0.2, 0.25) is 0 Å². The summed E-state index contributed by atoms with van der Waals surface area (Å²) in [4.78, 5) is 0. The normalized spacial score (nSPS) is 14.1. The molecule has 1 rings (SSSR count). The molecule has 0 fully saturated rings. The first kappa shape index (κ1) is 17.0. The number of hydrogen-bond donors (Lipinski definition) is 1. The fourth-order valence-corrected chi connectivity index (χ4v) is 2.54. The van der Waals surface area contributed by atoms with Gasteiger partial charge in [-0.3, -0.25) is 0 Å². The average Bonchev–Trinajstić information content (AvgIpc) is 2.45. The Hall–Kier alpha value is -1.06. The first-order valence-electron chi connectivity index (χ1n) is 7.44. The Morgan fingerprint density at radius 1 is 1.10 bits per heavy atom. The summed E-state index contributed by atoms with van der Waals surface area (Å²) >= 11 is 0. The minimum absolute atomic E-state index is 0.302. The topological polar surface area (TPSA) is 30.5 Å². The third-order valence-electron chi connectivity index (χ3n) is 3.87. The van der Waals surface area contributed by atoms with E-state index >= 15 is 0 Å². The van der Waals surface area contributed by atoms with Crippen LogP contribution in [0.15, 0.2) is 12.1 Å². The van der Waals surface area contributed by atoms with E-state index in [0.717, 1.165) is 25.1 Å². The molecule has 20 heavy (non-hydrogen) atoms. The van der Waals surface area contributed by atoms with E-state index in [-0.39, 0.29) is 0 Å². The fraction of sp³-hybridized carbons (Fsp3) is 0.647. The van der Waals surface area contributed by atoms with Crippen LogP contribution in [-0.4, -0.2) is 26.9 Å². The Balaban J connectivity index is 2.93. The lowest BCUT2D eigenvalue weighted by Crippen LogP contribution is -2.23. The van der Waals surface area contributed by atoms with Crippen LogP contribution in [0.4, 0.5) is 0 Å². The van der Waals surface area contributed by atoms with E-state index in [0.29, 0.717) is 12.1 Å². The molecule has 0 amide bonds. The number of ether oxygens (including phenoxy) is 2. The van der Waals surface area contributed by atoms with E-state index in [1.54, 1.807) is 14.2 Å². The molecule has 2 unspecified atom stereocenters. The van der Waals surface area contributed by atoms with E-state index in [1.807, 2.05) is 0 Å². The minimum Gasteiger partial charge on any atom is -0.496 e. The van der Waals surface area contributed by atoms with Gasteiger partial charge >= 0.3 is 0 Å². The summed E-state index contributed by atoms with van der Waals surface area (Å²) in [6, 6.07) is 4.76. The quantitative estimate of drug-likeness (QED) is 0.785. The third-order valence-corrected chi connectivity index (χ3v) is 3.87. The lowest BCUT2D eigenvalue weighted by molar-refractivity contribution is 0.106. The van der Waals surface area contributed by atoms with Crippen LogP contribution < -0.4 is 10.1 Å². The molecule has 0 aliphatic heterocycles. The summed E-state index contributed by atoms with van der Waals surface area (Å²) in [5.74, 6) is 0.965. The lowest BCUT2D eigenvalue weighted by Gasteiger charge is -2.23. The second-order valence-corrected chi connectivity index (χ2v) is 5.41. The highest BCUT2D eigenvalue weighted by Gasteiger charge is 2.16. The van der Waals surface area contributed by atoms with Crippen molar-refractivity contribution in [2.24, 2.45) is 0 Å². The second kappa shape index (κ2) is 8.28. The molecule has 2 atom stereocenters. The molecule has 0 aromatic heterocycles. The van der Waals surface area contributed by atoms with E-state index in [2.05, 4.69) is 45.1 Å². The number of methoxy groups -OCH3 is 2. The van der Waals surface area contributed by atoms with Crippen molar-refractivity contribution in [1.29, 1.82) is 0 Å². The number of aryl methyl sites for hydroxylation is 2. The molecule has 0 radical (unpaired) electrons. The van der Waals surface area contributed by atoms with Crippen LogP contribution in [0.1, 0.15) is 49.4 Å². The molecular weight excluding hydrogens is 250 g/mol. The van der Waals surface area contributed by atoms with Gasteiger partial charge in [0.15, 0.2) is 0 Å². The number of rotatable bonds is 8. The van der Waals surface area contributed by atoms with Gasteiger partial charge in [-0.15, -0.1) is 0 Å². The molecule has 0 saturated heterocycles. The molecule has 114 valence electrons. The van der Waals surface area contributed by atoms with Gasteiger partial charge in [0.1, 0.15) is 5.75 Å². The zero-order valence-electron chi connectivity index (χ0n) is 13.7. The zero-order chi connectivity index (χ0) is 15.1. The van der Waals surface area contributed by atoms with Gasteiger partial charge < -0.3 is 14.8 Å². The maximum atomic E-state index is 5.40. The van der Waals surface area contributed by atoms with Crippen LogP contribution in [0, 0.1) is 13.8 Å². The first-order chi connectivity index (χ1) is 9.53. The van der Waals surface area contributed by atoms with E-state index in [1.165, 1.54) is 16.7 Å². The van der Waals surface area contributed by atoms with Crippen molar-refractivity contribution < 1.29 is 9.47 Å². The fourth-order valence-electron chi connectivity index (χ4n) is 2.54. The van der Waals surface area contributed by atoms with Crippen molar-refractivity contribution in [3.8, 4) is 5.75 Å². The van der Waals surface area contributed by atoms with Crippen LogP contribution >= 0.6 is 0 Å². The lowest BCUT2D eigenvalue weighted by atomic mass is 9.94. The van der Waals surface area contributed by atoms with Gasteiger partial charge in [-0.05, 0) is 62.9 Å². The van der Waals surface area contributed by atoms with E-state index in [9.17, 15) is 0 Å². The van der Waals surface area contributed by atoms with Gasteiger partial charge in [-0.2, -0.15) is 0 Å². The number of nitrogens with one attached hydrogen (secondary N) is 1. The smallest absolute Gasteiger partial charge is 0.122 e. The SMILES string of the molecule is CCNC(CCC(C)OC)c1cc(C)c(OC)cc1C. The zero-order valence-corrected chi connectivity index (χ0v) is 13.7. The molecule has 1 aromatic rings. The van der Waals surface area contributed by atoms with Crippen molar-refractivity contribution in [3.63, 3.8) is 0 Å². The third kappa shape index (κ3) is 4.50. The van der Waals surface area contributed by atoms with Gasteiger partial charge in [0, 0.05) is 13.2 Å². The summed E-state index contributed by atoms with van der Waals surface area (Å²) in [6.07, 6.45) is 2.43. The van der Waals surface area contributed by atoms with Crippen LogP contribution in [0.25, 0.3) is 0 Å². The maximum absolute atomic E-state index is 5.40.